The molecule has 3 rings (SSSR count). The largest absolute Gasteiger partial charge is 0.374 e. The van der Waals surface area contributed by atoms with Crippen LogP contribution in [0.4, 0.5) is 0 Å². The molecule has 2 unspecified atom stereocenters. The molecule has 2 N–H and O–H groups in total. The number of hydroxylamine groups is 2. The van der Waals surface area contributed by atoms with Gasteiger partial charge < -0.3 is 15.3 Å². The fraction of sp³-hybridized carbons (Fsp3) is 0.429. The van der Waals surface area contributed by atoms with Crippen molar-refractivity contribution in [3.63, 3.8) is 0 Å². The van der Waals surface area contributed by atoms with Crippen molar-refractivity contribution in [2.24, 2.45) is 5.92 Å². The second kappa shape index (κ2) is 4.57. The molecule has 1 aliphatic carbocycles. The summed E-state index contributed by atoms with van der Waals surface area (Å²) in [7, 11) is 1.42. The van der Waals surface area contributed by atoms with Gasteiger partial charge in [0.05, 0.1) is 5.54 Å². The van der Waals surface area contributed by atoms with Gasteiger partial charge in [0.15, 0.2) is 12.1 Å². The first-order valence-corrected chi connectivity index (χ1v) is 6.54. The highest BCUT2D eigenvalue weighted by molar-refractivity contribution is 5.99. The smallest absolute Gasteiger partial charge is 0.341 e. The molecule has 6 nitrogen and oxygen atoms in total. The number of benzene rings is 1. The zero-order valence-electron chi connectivity index (χ0n) is 11.1. The zero-order chi connectivity index (χ0) is 14.3. The summed E-state index contributed by atoms with van der Waals surface area (Å²) in [5.41, 5.74) is 0.613. The molecule has 2 atom stereocenters. The van der Waals surface area contributed by atoms with Gasteiger partial charge in [0.2, 0.25) is 5.91 Å². The quantitative estimate of drug-likeness (QED) is 0.767. The average Bonchev–Trinajstić information content (AvgIpc) is 3.15. The maximum Gasteiger partial charge on any atom is 0.341 e. The Labute approximate surface area is 116 Å². The van der Waals surface area contributed by atoms with Crippen LogP contribution in [0.25, 0.3) is 0 Å². The number of hydrogen-bond acceptors (Lipinski definition) is 5. The van der Waals surface area contributed by atoms with Crippen LogP contribution in [-0.4, -0.2) is 35.3 Å². The number of carbonyl (C=O) groups excluding carboxylic acids is 2. The molecular formula is C14H16N2O4. The van der Waals surface area contributed by atoms with Crippen molar-refractivity contribution in [3.05, 3.63) is 35.9 Å². The van der Waals surface area contributed by atoms with E-state index in [1.54, 1.807) is 0 Å². The van der Waals surface area contributed by atoms with Crippen molar-refractivity contribution >= 4 is 11.9 Å². The van der Waals surface area contributed by atoms with Gasteiger partial charge in [-0.1, -0.05) is 30.3 Å². The van der Waals surface area contributed by atoms with Crippen LogP contribution in [0.3, 0.4) is 0 Å². The molecule has 1 aromatic rings. The van der Waals surface area contributed by atoms with Gasteiger partial charge in [-0.2, -0.15) is 0 Å². The number of carbonyl (C=O) groups is 2. The van der Waals surface area contributed by atoms with Gasteiger partial charge >= 0.3 is 5.97 Å². The van der Waals surface area contributed by atoms with Crippen LogP contribution in [0, 0.1) is 5.92 Å². The number of amides is 1. The minimum Gasteiger partial charge on any atom is -0.374 e. The zero-order valence-corrected chi connectivity index (χ0v) is 11.1. The summed E-state index contributed by atoms with van der Waals surface area (Å²) in [5.74, 6) is -2.41. The third kappa shape index (κ3) is 2.07. The van der Waals surface area contributed by atoms with Crippen LogP contribution in [0.1, 0.15) is 18.4 Å². The normalized spacial score (nSPS) is 28.0. The van der Waals surface area contributed by atoms with E-state index in [0.29, 0.717) is 0 Å². The number of hydrogen-bond donors (Lipinski definition) is 2. The molecule has 20 heavy (non-hydrogen) atoms. The van der Waals surface area contributed by atoms with Crippen LogP contribution in [0.5, 0.6) is 0 Å². The Bertz CT molecular complexity index is 541. The van der Waals surface area contributed by atoms with Gasteiger partial charge in [-0.15, -0.1) is 5.06 Å². The Morgan fingerprint density at radius 2 is 2.05 bits per heavy atom. The molecule has 0 bridgehead atoms. The van der Waals surface area contributed by atoms with E-state index < -0.39 is 29.6 Å². The van der Waals surface area contributed by atoms with Gasteiger partial charge in [-0.25, -0.2) is 4.79 Å². The number of nitrogens with one attached hydrogen (secondary N) is 1. The van der Waals surface area contributed by atoms with E-state index in [4.69, 9.17) is 4.84 Å². The number of rotatable bonds is 3. The standard InChI is InChI=1S/C14H16N2O4/c1-16-12(18)10(13(19)20-16)11(17)15-14(7-8-14)9-5-3-2-4-6-9/h2-6,10,12,18H,7-8H2,1H3,(H,15,17). The second-order valence-corrected chi connectivity index (χ2v) is 5.29. The minimum atomic E-state index is -1.24. The van der Waals surface area contributed by atoms with Gasteiger partial charge in [0.25, 0.3) is 0 Å². The van der Waals surface area contributed by atoms with E-state index in [2.05, 4.69) is 5.32 Å². The number of nitrogens with zero attached hydrogens (tertiary/aromatic N) is 1. The van der Waals surface area contributed by atoms with E-state index in [9.17, 15) is 14.7 Å². The van der Waals surface area contributed by atoms with Crippen molar-refractivity contribution in [2.45, 2.75) is 24.6 Å². The molecule has 1 aliphatic heterocycles. The van der Waals surface area contributed by atoms with E-state index >= 15 is 0 Å². The molecule has 1 amide bonds. The summed E-state index contributed by atoms with van der Waals surface area (Å²) >= 11 is 0. The van der Waals surface area contributed by atoms with Gasteiger partial charge in [-0.05, 0) is 18.4 Å². The fourth-order valence-electron chi connectivity index (χ4n) is 2.51. The highest BCUT2D eigenvalue weighted by atomic mass is 16.7. The summed E-state index contributed by atoms with van der Waals surface area (Å²) in [5, 5.41) is 13.7. The summed E-state index contributed by atoms with van der Waals surface area (Å²) in [6.07, 6.45) is 0.418. The Balaban J connectivity index is 1.75. The molecule has 0 radical (unpaired) electrons. The SMILES string of the molecule is CN1OC(=O)C(C(=O)NC2(c3ccccc3)CC2)C1O. The van der Waals surface area contributed by atoms with Gasteiger partial charge in [0, 0.05) is 7.05 Å². The van der Waals surface area contributed by atoms with Crippen molar-refractivity contribution < 1.29 is 19.5 Å². The van der Waals surface area contributed by atoms with Crippen LogP contribution in [-0.2, 0) is 20.0 Å². The molecule has 0 spiro atoms. The third-order valence-electron chi connectivity index (χ3n) is 3.88. The van der Waals surface area contributed by atoms with E-state index in [1.807, 2.05) is 30.3 Å². The predicted molar refractivity (Wildman–Crippen MR) is 68.8 cm³/mol. The lowest BCUT2D eigenvalue weighted by atomic mass is 10.0. The summed E-state index contributed by atoms with van der Waals surface area (Å²) in [6, 6.07) is 9.63. The van der Waals surface area contributed by atoms with E-state index in [1.165, 1.54) is 7.05 Å². The lowest BCUT2D eigenvalue weighted by molar-refractivity contribution is -0.183. The Kier molecular flexibility index (Phi) is 2.99. The lowest BCUT2D eigenvalue weighted by Crippen LogP contribution is -2.45. The van der Waals surface area contributed by atoms with Crippen molar-refractivity contribution in [3.8, 4) is 0 Å². The van der Waals surface area contributed by atoms with Crippen LogP contribution < -0.4 is 5.32 Å². The van der Waals surface area contributed by atoms with Crippen molar-refractivity contribution in [2.75, 3.05) is 7.05 Å². The lowest BCUT2D eigenvalue weighted by Gasteiger charge is -2.20. The molecule has 0 aromatic heterocycles. The average molecular weight is 276 g/mol. The van der Waals surface area contributed by atoms with Gasteiger partial charge in [0.1, 0.15) is 0 Å². The Morgan fingerprint density at radius 1 is 1.40 bits per heavy atom. The summed E-state index contributed by atoms with van der Waals surface area (Å²) in [4.78, 5) is 28.6. The summed E-state index contributed by atoms with van der Waals surface area (Å²) in [6.45, 7) is 0. The summed E-state index contributed by atoms with van der Waals surface area (Å²) < 4.78 is 0. The van der Waals surface area contributed by atoms with Gasteiger partial charge in [-0.3, -0.25) is 4.79 Å². The van der Waals surface area contributed by atoms with Crippen LogP contribution in [0.15, 0.2) is 30.3 Å². The maximum atomic E-state index is 12.2. The first-order valence-electron chi connectivity index (χ1n) is 6.54. The molecule has 2 fully saturated rings. The topological polar surface area (TPSA) is 78.9 Å². The highest BCUT2D eigenvalue weighted by Crippen LogP contribution is 2.45. The first kappa shape index (κ1) is 13.1. The van der Waals surface area contributed by atoms with Crippen molar-refractivity contribution in [1.82, 2.24) is 10.4 Å². The Hall–Kier alpha value is -1.92. The molecule has 1 aromatic carbocycles. The molecule has 1 heterocycles. The third-order valence-corrected chi connectivity index (χ3v) is 3.88. The molecule has 6 heteroatoms. The minimum absolute atomic E-state index is 0.403. The van der Waals surface area contributed by atoms with E-state index in [0.717, 1.165) is 23.5 Å². The first-order chi connectivity index (χ1) is 9.53. The monoisotopic (exact) mass is 276 g/mol. The number of aliphatic hydroxyl groups is 1. The molecular weight excluding hydrogens is 260 g/mol. The maximum absolute atomic E-state index is 12.2. The van der Waals surface area contributed by atoms with E-state index in [-0.39, 0.29) is 0 Å². The Morgan fingerprint density at radius 3 is 2.55 bits per heavy atom. The molecule has 2 aliphatic rings. The van der Waals surface area contributed by atoms with Crippen LogP contribution in [0.2, 0.25) is 0 Å². The van der Waals surface area contributed by atoms with Crippen molar-refractivity contribution in [1.29, 1.82) is 0 Å². The molecule has 1 saturated heterocycles. The molecule has 106 valence electrons. The predicted octanol–water partition coefficient (Wildman–Crippen LogP) is 0.130. The number of aliphatic hydroxyl groups excluding tert-OH is 1. The molecule has 1 saturated carbocycles. The second-order valence-electron chi connectivity index (χ2n) is 5.29. The fourth-order valence-corrected chi connectivity index (χ4v) is 2.51. The highest BCUT2D eigenvalue weighted by Gasteiger charge is 2.51. The van der Waals surface area contributed by atoms with Crippen LogP contribution >= 0.6 is 0 Å².